The molecule has 3 aromatic rings. The third-order valence-corrected chi connectivity index (χ3v) is 6.36. The number of nitrogens with one attached hydrogen (secondary N) is 1. The molecule has 1 saturated heterocycles. The summed E-state index contributed by atoms with van der Waals surface area (Å²) in [5.41, 5.74) is 3.35. The van der Waals surface area contributed by atoms with Crippen LogP contribution in [-0.2, 0) is 16.1 Å². The summed E-state index contributed by atoms with van der Waals surface area (Å²) in [6.45, 7) is 6.11. The molecule has 5 rings (SSSR count). The summed E-state index contributed by atoms with van der Waals surface area (Å²) in [6, 6.07) is 12.3. The van der Waals surface area contributed by atoms with Crippen molar-refractivity contribution in [3.05, 3.63) is 82.1 Å². The van der Waals surface area contributed by atoms with Crippen LogP contribution in [0.15, 0.2) is 53.7 Å². The molecule has 3 heterocycles. The molecule has 0 spiro atoms. The molecular formula is C25H26CaClFN4O2. The Kier molecular flexibility index (Phi) is 8.34. The number of aromatic nitrogens is 2. The van der Waals surface area contributed by atoms with Crippen molar-refractivity contribution in [1.82, 2.24) is 14.9 Å². The number of amides is 2. The van der Waals surface area contributed by atoms with Crippen molar-refractivity contribution in [3.63, 3.8) is 0 Å². The molecule has 1 atom stereocenters. The topological polar surface area (TPSA) is 76.3 Å². The van der Waals surface area contributed by atoms with Gasteiger partial charge in [0.1, 0.15) is 11.6 Å². The van der Waals surface area contributed by atoms with E-state index in [0.717, 1.165) is 29.2 Å². The van der Waals surface area contributed by atoms with E-state index in [2.05, 4.69) is 15.3 Å². The zero-order chi connectivity index (χ0) is 23.8. The normalized spacial score (nSPS) is 18.4. The van der Waals surface area contributed by atoms with Gasteiger partial charge in [0.15, 0.2) is 0 Å². The first-order valence-electron chi connectivity index (χ1n) is 10.7. The summed E-state index contributed by atoms with van der Waals surface area (Å²) in [6.07, 6.45) is 2.88. The Morgan fingerprint density at radius 1 is 1.18 bits per heavy atom. The summed E-state index contributed by atoms with van der Waals surface area (Å²) >= 11 is 6.19. The van der Waals surface area contributed by atoms with E-state index >= 15 is 0 Å². The van der Waals surface area contributed by atoms with E-state index in [-0.39, 0.29) is 55.4 Å². The number of halogens is 2. The summed E-state index contributed by atoms with van der Waals surface area (Å²) < 4.78 is 16.3. The third-order valence-electron chi connectivity index (χ3n) is 6.13. The van der Waals surface area contributed by atoms with Gasteiger partial charge in [-0.2, -0.15) is 0 Å². The molecule has 2 aliphatic rings. The van der Waals surface area contributed by atoms with Crippen LogP contribution in [0.25, 0.3) is 5.69 Å². The van der Waals surface area contributed by atoms with Crippen LogP contribution in [0, 0.1) is 18.2 Å². The molecule has 0 saturated carbocycles. The number of carbonyl (C=O) groups excluding carboxylic acids is 2. The van der Waals surface area contributed by atoms with Crippen molar-refractivity contribution in [1.29, 1.82) is 0 Å². The van der Waals surface area contributed by atoms with Gasteiger partial charge in [0.2, 0.25) is 11.8 Å². The number of imide groups is 1. The van der Waals surface area contributed by atoms with Crippen LogP contribution < -0.4 is 5.32 Å². The van der Waals surface area contributed by atoms with Crippen LogP contribution in [-0.4, -0.2) is 64.8 Å². The van der Waals surface area contributed by atoms with Crippen molar-refractivity contribution >= 4 is 66.9 Å². The Bertz CT molecular complexity index is 1290. The number of fused-ring (bicyclic) bond motifs is 3. The van der Waals surface area contributed by atoms with E-state index in [1.807, 2.05) is 55.8 Å². The average molecular weight is 509 g/mol. The van der Waals surface area contributed by atoms with Crippen molar-refractivity contribution in [2.24, 2.45) is 10.4 Å². The summed E-state index contributed by atoms with van der Waals surface area (Å²) in [5, 5.41) is 2.87. The van der Waals surface area contributed by atoms with Crippen molar-refractivity contribution in [2.75, 3.05) is 0 Å². The van der Waals surface area contributed by atoms with Gasteiger partial charge in [-0.1, -0.05) is 37.6 Å². The van der Waals surface area contributed by atoms with Gasteiger partial charge in [-0.15, -0.1) is 0 Å². The summed E-state index contributed by atoms with van der Waals surface area (Å²) in [7, 11) is 0. The Labute approximate surface area is 232 Å². The predicted molar refractivity (Wildman–Crippen MR) is 134 cm³/mol. The molecule has 34 heavy (non-hydrogen) atoms. The minimum absolute atomic E-state index is 0. The van der Waals surface area contributed by atoms with Crippen LogP contribution in [0.1, 0.15) is 49.3 Å². The molecule has 9 heteroatoms. The Morgan fingerprint density at radius 3 is 2.53 bits per heavy atom. The number of rotatable bonds is 2. The summed E-state index contributed by atoms with van der Waals surface area (Å²) in [5.74, 6) is 0.307. The fourth-order valence-corrected chi connectivity index (χ4v) is 4.17. The SMILES string of the molecule is CCC1(C)CC(=O)NC1=O.Cc1ncc2n1-c1ccc(Cl)cc1C(c1ccccc1F)=NC2.[CaH2]. The van der Waals surface area contributed by atoms with E-state index in [1.54, 1.807) is 12.1 Å². The molecule has 0 bridgehead atoms. The molecule has 0 aliphatic carbocycles. The van der Waals surface area contributed by atoms with Crippen LogP contribution >= 0.6 is 11.6 Å². The predicted octanol–water partition coefficient (Wildman–Crippen LogP) is 3.86. The number of hydrogen-bond donors (Lipinski definition) is 1. The van der Waals surface area contributed by atoms with Crippen molar-refractivity contribution in [2.45, 2.75) is 40.2 Å². The van der Waals surface area contributed by atoms with Crippen LogP contribution in [0.2, 0.25) is 5.02 Å². The van der Waals surface area contributed by atoms with E-state index in [9.17, 15) is 14.0 Å². The minimum atomic E-state index is -0.433. The molecule has 1 unspecified atom stereocenters. The maximum atomic E-state index is 14.3. The molecule has 174 valence electrons. The molecule has 0 radical (unpaired) electrons. The standard InChI is InChI=1S/C18H13ClFN3.C7H11NO2.Ca.2H/c1-11-21-9-13-10-22-18(14-4-2-3-5-16(14)20)15-8-12(19)6-7-17(15)23(11)13;1-3-7(2)4-5(9)8-6(7)10;;;/h2-9H,10H2,1H3;3-4H2,1-2H3,(H,8,9,10);;;. The molecule has 1 fully saturated rings. The maximum absolute atomic E-state index is 14.3. The van der Waals surface area contributed by atoms with E-state index < -0.39 is 5.41 Å². The second kappa shape index (κ2) is 10.7. The molecule has 2 amide bonds. The van der Waals surface area contributed by atoms with Crippen LogP contribution in [0.5, 0.6) is 0 Å². The first-order valence-corrected chi connectivity index (χ1v) is 11.1. The zero-order valence-corrected chi connectivity index (χ0v) is 19.4. The molecule has 1 aromatic heterocycles. The van der Waals surface area contributed by atoms with Gasteiger partial charge in [-0.3, -0.25) is 24.5 Å². The Morgan fingerprint density at radius 2 is 1.91 bits per heavy atom. The van der Waals surface area contributed by atoms with E-state index in [4.69, 9.17) is 11.6 Å². The molecule has 6 nitrogen and oxygen atoms in total. The van der Waals surface area contributed by atoms with Gasteiger partial charge in [0, 0.05) is 22.6 Å². The third kappa shape index (κ3) is 5.13. The van der Waals surface area contributed by atoms with Gasteiger partial charge in [0.25, 0.3) is 0 Å². The van der Waals surface area contributed by atoms with Crippen LogP contribution in [0.4, 0.5) is 4.39 Å². The number of carbonyl (C=O) groups is 2. The summed E-state index contributed by atoms with van der Waals surface area (Å²) in [4.78, 5) is 30.7. The number of benzene rings is 2. The van der Waals surface area contributed by atoms with Gasteiger partial charge in [-0.05, 0) is 43.7 Å². The van der Waals surface area contributed by atoms with Gasteiger partial charge < -0.3 is 0 Å². The molecule has 1 N–H and O–H groups in total. The van der Waals surface area contributed by atoms with Crippen molar-refractivity contribution in [3.8, 4) is 5.69 Å². The van der Waals surface area contributed by atoms with Gasteiger partial charge in [0.05, 0.1) is 35.2 Å². The average Bonchev–Trinajstić information content (AvgIpc) is 3.22. The first kappa shape index (κ1) is 26.5. The second-order valence-corrected chi connectivity index (χ2v) is 8.84. The first-order chi connectivity index (χ1) is 15.7. The number of aryl methyl sites for hydroxylation is 1. The Hall–Kier alpha value is -2.06. The second-order valence-electron chi connectivity index (χ2n) is 8.41. The number of nitrogens with zero attached hydrogens (tertiary/aromatic N) is 3. The quantitative estimate of drug-likeness (QED) is 0.422. The number of imidazole rings is 1. The molecule has 2 aromatic carbocycles. The van der Waals surface area contributed by atoms with E-state index in [1.165, 1.54) is 6.07 Å². The number of hydrogen-bond acceptors (Lipinski definition) is 4. The zero-order valence-electron chi connectivity index (χ0n) is 18.7. The van der Waals surface area contributed by atoms with Gasteiger partial charge >= 0.3 is 37.7 Å². The Balaban J connectivity index is 0.000000250. The monoisotopic (exact) mass is 508 g/mol. The number of aliphatic imine (C=N–C) groups is 1. The van der Waals surface area contributed by atoms with Crippen LogP contribution in [0.3, 0.4) is 0 Å². The fraction of sp³-hybridized carbons (Fsp3) is 0.280. The van der Waals surface area contributed by atoms with E-state index in [0.29, 0.717) is 29.3 Å². The fourth-order valence-electron chi connectivity index (χ4n) is 4.00. The molecule has 2 aliphatic heterocycles. The molecular weight excluding hydrogens is 483 g/mol. The van der Waals surface area contributed by atoms with Gasteiger partial charge in [-0.25, -0.2) is 9.37 Å². The van der Waals surface area contributed by atoms with Crippen molar-refractivity contribution < 1.29 is 14.0 Å².